The molecule has 0 unspecified atom stereocenters. The molecule has 3 aromatic rings. The molecule has 7 heteroatoms. The number of fused-ring (bicyclic) bond motifs is 3. The predicted octanol–water partition coefficient (Wildman–Crippen LogP) is 3.27. The maximum atomic E-state index is 12.7. The van der Waals surface area contributed by atoms with Gasteiger partial charge in [-0.05, 0) is 67.1 Å². The van der Waals surface area contributed by atoms with Gasteiger partial charge in [0.15, 0.2) is 0 Å². The lowest BCUT2D eigenvalue weighted by Crippen LogP contribution is -2.23. The van der Waals surface area contributed by atoms with Crippen LogP contribution in [0.3, 0.4) is 0 Å². The van der Waals surface area contributed by atoms with Crippen molar-refractivity contribution in [2.24, 2.45) is 5.92 Å². The molecule has 0 saturated carbocycles. The highest BCUT2D eigenvalue weighted by atomic mass is 32.2. The zero-order valence-corrected chi connectivity index (χ0v) is 18.1. The molecule has 1 aromatic heterocycles. The molecule has 0 aliphatic heterocycles. The summed E-state index contributed by atoms with van der Waals surface area (Å²) in [5.41, 5.74) is 6.03. The first kappa shape index (κ1) is 20.6. The summed E-state index contributed by atoms with van der Waals surface area (Å²) in [4.78, 5) is 16.2. The molecule has 0 fully saturated rings. The van der Waals surface area contributed by atoms with Gasteiger partial charge in [0.2, 0.25) is 10.0 Å². The van der Waals surface area contributed by atoms with E-state index in [1.54, 1.807) is 12.1 Å². The standard InChI is InChI=1S/C23H27N3O3S/c1-15-3-9-21-19(11-15)20-12-18(8-10-22(20)26-21)23(27)25-13-16-4-6-17(7-5-16)14-30(28,29)24-2/h4-8,10,12,15,24,26H,3,9,11,13-14H2,1-2H3,(H,25,27)/t15-/m0/s1. The second-order valence-corrected chi connectivity index (χ2v) is 10.1. The molecule has 0 saturated heterocycles. The number of amides is 1. The summed E-state index contributed by atoms with van der Waals surface area (Å²) in [6, 6.07) is 13.1. The van der Waals surface area contributed by atoms with Crippen molar-refractivity contribution in [2.45, 2.75) is 38.5 Å². The highest BCUT2D eigenvalue weighted by molar-refractivity contribution is 7.88. The van der Waals surface area contributed by atoms with Crippen molar-refractivity contribution in [2.75, 3.05) is 7.05 Å². The number of rotatable bonds is 6. The minimum Gasteiger partial charge on any atom is -0.358 e. The second-order valence-electron chi connectivity index (χ2n) is 8.15. The molecule has 158 valence electrons. The van der Waals surface area contributed by atoms with E-state index in [0.29, 0.717) is 23.6 Å². The average molecular weight is 426 g/mol. The number of H-pyrrole nitrogens is 1. The molecule has 3 N–H and O–H groups in total. The molecule has 1 heterocycles. The smallest absolute Gasteiger partial charge is 0.251 e. The van der Waals surface area contributed by atoms with Gasteiger partial charge in [0.25, 0.3) is 5.91 Å². The lowest BCUT2D eigenvalue weighted by molar-refractivity contribution is 0.0951. The third-order valence-corrected chi connectivity index (χ3v) is 7.18. The first-order chi connectivity index (χ1) is 14.3. The number of hydrogen-bond acceptors (Lipinski definition) is 3. The third kappa shape index (κ3) is 4.42. The number of aromatic nitrogens is 1. The Bertz CT molecular complexity index is 1180. The minimum absolute atomic E-state index is 0.0598. The van der Waals surface area contributed by atoms with Crippen LogP contribution in [0.4, 0.5) is 0 Å². The zero-order valence-electron chi connectivity index (χ0n) is 17.3. The molecule has 1 atom stereocenters. The van der Waals surface area contributed by atoms with E-state index >= 15 is 0 Å². The van der Waals surface area contributed by atoms with Crippen LogP contribution in [0.15, 0.2) is 42.5 Å². The summed E-state index contributed by atoms with van der Waals surface area (Å²) in [6.07, 6.45) is 3.32. The topological polar surface area (TPSA) is 91.1 Å². The molecule has 0 radical (unpaired) electrons. The van der Waals surface area contributed by atoms with Gasteiger partial charge in [-0.15, -0.1) is 0 Å². The number of sulfonamides is 1. The van der Waals surface area contributed by atoms with Gasteiger partial charge in [-0.25, -0.2) is 13.1 Å². The van der Waals surface area contributed by atoms with Crippen LogP contribution in [0, 0.1) is 5.92 Å². The van der Waals surface area contributed by atoms with E-state index in [9.17, 15) is 13.2 Å². The molecule has 1 aliphatic rings. The number of hydrogen-bond donors (Lipinski definition) is 3. The summed E-state index contributed by atoms with van der Waals surface area (Å²) < 4.78 is 25.6. The highest BCUT2D eigenvalue weighted by Gasteiger charge is 2.20. The van der Waals surface area contributed by atoms with Gasteiger partial charge >= 0.3 is 0 Å². The Kier molecular flexibility index (Phi) is 5.66. The van der Waals surface area contributed by atoms with E-state index in [-0.39, 0.29) is 11.7 Å². The number of aryl methyl sites for hydroxylation is 1. The molecular weight excluding hydrogens is 398 g/mol. The fourth-order valence-corrected chi connectivity index (χ4v) is 4.84. The zero-order chi connectivity index (χ0) is 21.3. The molecule has 1 amide bonds. The van der Waals surface area contributed by atoms with Crippen LogP contribution in [0.2, 0.25) is 0 Å². The Labute approximate surface area is 177 Å². The van der Waals surface area contributed by atoms with E-state index < -0.39 is 10.0 Å². The largest absolute Gasteiger partial charge is 0.358 e. The Morgan fingerprint density at radius 3 is 2.60 bits per heavy atom. The lowest BCUT2D eigenvalue weighted by Gasteiger charge is -2.18. The highest BCUT2D eigenvalue weighted by Crippen LogP contribution is 2.32. The van der Waals surface area contributed by atoms with Crippen LogP contribution in [0.1, 0.15) is 46.1 Å². The molecular formula is C23H27N3O3S. The van der Waals surface area contributed by atoms with Crippen LogP contribution in [-0.4, -0.2) is 26.4 Å². The average Bonchev–Trinajstić information content (AvgIpc) is 3.10. The van der Waals surface area contributed by atoms with Gasteiger partial charge in [-0.2, -0.15) is 0 Å². The van der Waals surface area contributed by atoms with Crippen molar-refractivity contribution < 1.29 is 13.2 Å². The Hall–Kier alpha value is -2.64. The maximum Gasteiger partial charge on any atom is 0.251 e. The maximum absolute atomic E-state index is 12.7. The summed E-state index contributed by atoms with van der Waals surface area (Å²) in [5, 5.41) is 4.11. The van der Waals surface area contributed by atoms with E-state index in [0.717, 1.165) is 29.3 Å². The first-order valence-corrected chi connectivity index (χ1v) is 11.9. The molecule has 4 rings (SSSR count). The van der Waals surface area contributed by atoms with Gasteiger partial charge < -0.3 is 10.3 Å². The Balaban J connectivity index is 1.44. The van der Waals surface area contributed by atoms with Crippen LogP contribution in [-0.2, 0) is 35.2 Å². The molecule has 1 aliphatic carbocycles. The fraction of sp³-hybridized carbons (Fsp3) is 0.348. The molecule has 0 bridgehead atoms. The van der Waals surface area contributed by atoms with Crippen molar-refractivity contribution in [1.29, 1.82) is 0 Å². The van der Waals surface area contributed by atoms with Gasteiger partial charge in [-0.3, -0.25) is 4.79 Å². The molecule has 30 heavy (non-hydrogen) atoms. The van der Waals surface area contributed by atoms with Gasteiger partial charge in [0, 0.05) is 28.7 Å². The number of carbonyl (C=O) groups excluding carboxylic acids is 1. The predicted molar refractivity (Wildman–Crippen MR) is 119 cm³/mol. The van der Waals surface area contributed by atoms with Crippen molar-refractivity contribution >= 4 is 26.8 Å². The summed E-state index contributed by atoms with van der Waals surface area (Å²) >= 11 is 0. The van der Waals surface area contributed by atoms with E-state index in [2.05, 4.69) is 21.9 Å². The van der Waals surface area contributed by atoms with Crippen molar-refractivity contribution in [1.82, 2.24) is 15.0 Å². The molecule has 2 aromatic carbocycles. The normalized spacial score (nSPS) is 16.4. The van der Waals surface area contributed by atoms with E-state index in [1.165, 1.54) is 24.7 Å². The number of benzene rings is 2. The molecule has 6 nitrogen and oxygen atoms in total. The Morgan fingerprint density at radius 2 is 1.87 bits per heavy atom. The van der Waals surface area contributed by atoms with Gasteiger partial charge in [-0.1, -0.05) is 31.2 Å². The summed E-state index contributed by atoms with van der Waals surface area (Å²) in [7, 11) is -1.89. The lowest BCUT2D eigenvalue weighted by atomic mass is 9.87. The Morgan fingerprint density at radius 1 is 1.13 bits per heavy atom. The molecule has 0 spiro atoms. The third-order valence-electron chi connectivity index (χ3n) is 5.84. The first-order valence-electron chi connectivity index (χ1n) is 10.3. The van der Waals surface area contributed by atoms with Crippen molar-refractivity contribution in [3.63, 3.8) is 0 Å². The van der Waals surface area contributed by atoms with E-state index in [4.69, 9.17) is 0 Å². The van der Waals surface area contributed by atoms with Crippen LogP contribution >= 0.6 is 0 Å². The van der Waals surface area contributed by atoms with E-state index in [1.807, 2.05) is 30.3 Å². The van der Waals surface area contributed by atoms with Gasteiger partial charge in [0.1, 0.15) is 0 Å². The monoisotopic (exact) mass is 425 g/mol. The van der Waals surface area contributed by atoms with Crippen LogP contribution < -0.4 is 10.0 Å². The van der Waals surface area contributed by atoms with Crippen LogP contribution in [0.5, 0.6) is 0 Å². The summed E-state index contributed by atoms with van der Waals surface area (Å²) in [5.74, 6) is 0.494. The number of nitrogens with one attached hydrogen (secondary N) is 3. The van der Waals surface area contributed by atoms with Crippen molar-refractivity contribution in [3.05, 3.63) is 70.4 Å². The number of aromatic amines is 1. The van der Waals surface area contributed by atoms with Gasteiger partial charge in [0.05, 0.1) is 5.75 Å². The minimum atomic E-state index is -3.29. The second kappa shape index (κ2) is 8.24. The quantitative estimate of drug-likeness (QED) is 0.566. The summed E-state index contributed by atoms with van der Waals surface area (Å²) in [6.45, 7) is 2.66. The van der Waals surface area contributed by atoms with Crippen LogP contribution in [0.25, 0.3) is 10.9 Å². The van der Waals surface area contributed by atoms with Crippen molar-refractivity contribution in [3.8, 4) is 0 Å². The number of carbonyl (C=O) groups is 1. The SMILES string of the molecule is CNS(=O)(=O)Cc1ccc(CNC(=O)c2ccc3[nH]c4c(c3c2)C[C@@H](C)CC4)cc1. The fourth-order valence-electron chi connectivity index (χ4n) is 4.06.